The van der Waals surface area contributed by atoms with E-state index in [-0.39, 0.29) is 4.90 Å². The van der Waals surface area contributed by atoms with Crippen LogP contribution in [0, 0.1) is 0 Å². The lowest BCUT2D eigenvalue weighted by Crippen LogP contribution is -2.26. The van der Waals surface area contributed by atoms with Crippen LogP contribution in [0.3, 0.4) is 0 Å². The van der Waals surface area contributed by atoms with Crippen molar-refractivity contribution in [1.29, 1.82) is 0 Å². The highest BCUT2D eigenvalue weighted by Crippen LogP contribution is 2.20. The summed E-state index contributed by atoms with van der Waals surface area (Å²) in [6.07, 6.45) is 2.74. The highest BCUT2D eigenvalue weighted by molar-refractivity contribution is 7.90. The zero-order valence-corrected chi connectivity index (χ0v) is 11.5. The molecule has 0 bridgehead atoms. The number of sulfone groups is 1. The minimum atomic E-state index is -3.28. The smallest absolute Gasteiger partial charge is 0.179 e. The molecule has 0 amide bonds. The normalized spacial score (nSPS) is 11.5. The van der Waals surface area contributed by atoms with Crippen LogP contribution in [0.4, 0.5) is 5.82 Å². The van der Waals surface area contributed by atoms with Crippen LogP contribution in [0.5, 0.6) is 0 Å². The van der Waals surface area contributed by atoms with Crippen molar-refractivity contribution < 1.29 is 13.2 Å². The molecule has 1 aromatic rings. The summed E-state index contributed by atoms with van der Waals surface area (Å²) in [4.78, 5) is 6.10. The van der Waals surface area contributed by atoms with Crippen molar-refractivity contribution in [2.75, 3.05) is 44.5 Å². The van der Waals surface area contributed by atoms with E-state index in [4.69, 9.17) is 10.5 Å². The second-order valence-corrected chi connectivity index (χ2v) is 5.90. The molecule has 1 rings (SSSR count). The first-order valence-electron chi connectivity index (χ1n) is 5.61. The number of nitrogens with two attached hydrogens (primary N) is 1. The topological polar surface area (TPSA) is 85.5 Å². The van der Waals surface area contributed by atoms with Gasteiger partial charge in [0.2, 0.25) is 0 Å². The lowest BCUT2D eigenvalue weighted by Gasteiger charge is -2.20. The maximum atomic E-state index is 11.6. The first-order chi connectivity index (χ1) is 8.46. The third-order valence-electron chi connectivity index (χ3n) is 2.35. The predicted octanol–water partition coefficient (Wildman–Crippen LogP) is -0.103. The molecule has 0 unspecified atom stereocenters. The number of aromatic nitrogens is 1. The van der Waals surface area contributed by atoms with E-state index in [1.54, 1.807) is 30.3 Å². The van der Waals surface area contributed by atoms with Gasteiger partial charge in [0.05, 0.1) is 13.2 Å². The van der Waals surface area contributed by atoms with Gasteiger partial charge in [-0.3, -0.25) is 0 Å². The summed E-state index contributed by atoms with van der Waals surface area (Å²) in [5.74, 6) is 0.441. The van der Waals surface area contributed by atoms with Gasteiger partial charge >= 0.3 is 0 Å². The van der Waals surface area contributed by atoms with Gasteiger partial charge in [-0.2, -0.15) is 0 Å². The molecule has 0 radical (unpaired) electrons. The standard InChI is InChI=1S/C11H19N3O3S/c1-14(7-9-17-8-5-12)11-10(18(2,15)16)4-3-6-13-11/h3-4,6H,5,7-9,12H2,1-2H3. The fraction of sp³-hybridized carbons (Fsp3) is 0.545. The van der Waals surface area contributed by atoms with Crippen molar-refractivity contribution in [1.82, 2.24) is 4.98 Å². The predicted molar refractivity (Wildman–Crippen MR) is 70.5 cm³/mol. The zero-order valence-electron chi connectivity index (χ0n) is 10.7. The first kappa shape index (κ1) is 14.9. The van der Waals surface area contributed by atoms with E-state index in [1.807, 2.05) is 0 Å². The number of hydrogen-bond donors (Lipinski definition) is 1. The molecule has 0 aliphatic heterocycles. The maximum absolute atomic E-state index is 11.6. The molecule has 1 aromatic heterocycles. The molecule has 0 saturated heterocycles. The van der Waals surface area contributed by atoms with Crippen molar-refractivity contribution in [3.05, 3.63) is 18.3 Å². The largest absolute Gasteiger partial charge is 0.378 e. The quantitative estimate of drug-likeness (QED) is 0.698. The van der Waals surface area contributed by atoms with Gasteiger partial charge in [0.25, 0.3) is 0 Å². The van der Waals surface area contributed by atoms with Crippen molar-refractivity contribution >= 4 is 15.7 Å². The first-order valence-corrected chi connectivity index (χ1v) is 7.50. The third kappa shape index (κ3) is 4.25. The highest BCUT2D eigenvalue weighted by atomic mass is 32.2. The van der Waals surface area contributed by atoms with E-state index in [0.29, 0.717) is 32.1 Å². The number of hydrogen-bond acceptors (Lipinski definition) is 6. The van der Waals surface area contributed by atoms with Gasteiger partial charge < -0.3 is 15.4 Å². The summed E-state index contributed by atoms with van der Waals surface area (Å²) in [5.41, 5.74) is 5.31. The number of likely N-dealkylation sites (N-methyl/N-ethyl adjacent to an activating group) is 1. The number of nitrogens with zero attached hydrogens (tertiary/aromatic N) is 2. The van der Waals surface area contributed by atoms with Crippen LogP contribution in [0.2, 0.25) is 0 Å². The summed E-state index contributed by atoms with van der Waals surface area (Å²) in [7, 11) is -1.50. The second-order valence-electron chi connectivity index (χ2n) is 3.92. The Balaban J connectivity index is 2.77. The van der Waals surface area contributed by atoms with E-state index in [2.05, 4.69) is 4.98 Å². The molecule has 7 heteroatoms. The van der Waals surface area contributed by atoms with Gasteiger partial charge in [0.1, 0.15) is 10.7 Å². The van der Waals surface area contributed by atoms with Crippen molar-refractivity contribution in [3.63, 3.8) is 0 Å². The molecule has 102 valence electrons. The zero-order chi connectivity index (χ0) is 13.6. The number of rotatable bonds is 7. The molecule has 2 N–H and O–H groups in total. The number of ether oxygens (including phenoxy) is 1. The average Bonchev–Trinajstić information content (AvgIpc) is 2.33. The molecule has 18 heavy (non-hydrogen) atoms. The Bertz CT molecular complexity index is 476. The van der Waals surface area contributed by atoms with Gasteiger partial charge in [-0.05, 0) is 12.1 Å². The molecule has 0 atom stereocenters. The Labute approximate surface area is 108 Å². The molecule has 0 aliphatic carbocycles. The molecular formula is C11H19N3O3S. The second kappa shape index (κ2) is 6.67. The molecule has 1 heterocycles. The third-order valence-corrected chi connectivity index (χ3v) is 3.46. The highest BCUT2D eigenvalue weighted by Gasteiger charge is 2.16. The van der Waals surface area contributed by atoms with Crippen molar-refractivity contribution in [3.8, 4) is 0 Å². The minimum absolute atomic E-state index is 0.228. The maximum Gasteiger partial charge on any atom is 0.179 e. The monoisotopic (exact) mass is 273 g/mol. The Morgan fingerprint density at radius 2 is 2.17 bits per heavy atom. The van der Waals surface area contributed by atoms with Crippen LogP contribution >= 0.6 is 0 Å². The Morgan fingerprint density at radius 1 is 1.44 bits per heavy atom. The van der Waals surface area contributed by atoms with Gasteiger partial charge in [-0.1, -0.05) is 0 Å². The Hall–Kier alpha value is -1.18. The molecule has 0 aromatic carbocycles. The molecular weight excluding hydrogens is 254 g/mol. The van der Waals surface area contributed by atoms with Gasteiger partial charge in [0.15, 0.2) is 9.84 Å². The SMILES string of the molecule is CN(CCOCCN)c1ncccc1S(C)(=O)=O. The summed E-state index contributed by atoms with van der Waals surface area (Å²) < 4.78 is 28.5. The Morgan fingerprint density at radius 3 is 2.78 bits per heavy atom. The number of anilines is 1. The van der Waals surface area contributed by atoms with Gasteiger partial charge in [0, 0.05) is 32.6 Å². The lowest BCUT2D eigenvalue weighted by atomic mass is 10.4. The van der Waals surface area contributed by atoms with Crippen molar-refractivity contribution in [2.45, 2.75) is 4.90 Å². The number of pyridine rings is 1. The average molecular weight is 273 g/mol. The summed E-state index contributed by atoms with van der Waals surface area (Å²) in [6.45, 7) is 2.00. The van der Waals surface area contributed by atoms with E-state index >= 15 is 0 Å². The summed E-state index contributed by atoms with van der Waals surface area (Å²) in [5, 5.41) is 0. The molecule has 0 saturated carbocycles. The van der Waals surface area contributed by atoms with Crippen LogP contribution in [0.1, 0.15) is 0 Å². The molecule has 0 aliphatic rings. The van der Waals surface area contributed by atoms with Gasteiger partial charge in [-0.25, -0.2) is 13.4 Å². The fourth-order valence-electron chi connectivity index (χ4n) is 1.45. The van der Waals surface area contributed by atoms with Crippen LogP contribution in [0.15, 0.2) is 23.2 Å². The van der Waals surface area contributed by atoms with Crippen LogP contribution < -0.4 is 10.6 Å². The van der Waals surface area contributed by atoms with E-state index in [0.717, 1.165) is 0 Å². The van der Waals surface area contributed by atoms with E-state index < -0.39 is 9.84 Å². The van der Waals surface area contributed by atoms with Crippen LogP contribution in [-0.2, 0) is 14.6 Å². The summed E-state index contributed by atoms with van der Waals surface area (Å²) in [6, 6.07) is 3.16. The molecule has 0 spiro atoms. The minimum Gasteiger partial charge on any atom is -0.378 e. The van der Waals surface area contributed by atoms with Crippen LogP contribution in [0.25, 0.3) is 0 Å². The van der Waals surface area contributed by atoms with Crippen LogP contribution in [-0.4, -0.2) is 53.0 Å². The molecule has 6 nitrogen and oxygen atoms in total. The Kier molecular flexibility index (Phi) is 5.52. The lowest BCUT2D eigenvalue weighted by molar-refractivity contribution is 0.148. The molecule has 0 fully saturated rings. The summed E-state index contributed by atoms with van der Waals surface area (Å²) >= 11 is 0. The van der Waals surface area contributed by atoms with E-state index in [1.165, 1.54) is 6.26 Å². The van der Waals surface area contributed by atoms with Crippen molar-refractivity contribution in [2.24, 2.45) is 5.73 Å². The van der Waals surface area contributed by atoms with Gasteiger partial charge in [-0.15, -0.1) is 0 Å². The fourth-order valence-corrected chi connectivity index (χ4v) is 2.32. The van der Waals surface area contributed by atoms with E-state index in [9.17, 15) is 8.42 Å².